The summed E-state index contributed by atoms with van der Waals surface area (Å²) >= 11 is 3.40. The Bertz CT molecular complexity index is 2870. The minimum atomic E-state index is -0.201. The van der Waals surface area contributed by atoms with Gasteiger partial charge in [-0.2, -0.15) is 0 Å². The monoisotopic (exact) mass is 834 g/mol. The molecule has 0 aliphatic heterocycles. The van der Waals surface area contributed by atoms with Crippen LogP contribution >= 0.6 is 22.7 Å². The summed E-state index contributed by atoms with van der Waals surface area (Å²) in [6.07, 6.45) is 3.22. The van der Waals surface area contributed by atoms with E-state index in [-0.39, 0.29) is 5.97 Å². The Kier molecular flexibility index (Phi) is 11.5. The number of carbonyl (C=O) groups excluding carboxylic acids is 1. The molecule has 0 fully saturated rings. The summed E-state index contributed by atoms with van der Waals surface area (Å²) in [5.74, 6) is -0.201. The van der Waals surface area contributed by atoms with E-state index in [1.807, 2.05) is 0 Å². The van der Waals surface area contributed by atoms with Gasteiger partial charge in [-0.1, -0.05) is 73.0 Å². The van der Waals surface area contributed by atoms with Gasteiger partial charge in [-0.3, -0.25) is 4.79 Å². The number of carbonyl (C=O) groups is 1. The number of methoxy groups -OCH3 is 1. The van der Waals surface area contributed by atoms with E-state index >= 15 is 0 Å². The Morgan fingerprint density at radius 1 is 0.508 bits per heavy atom. The molecule has 0 spiro atoms. The van der Waals surface area contributed by atoms with Crippen molar-refractivity contribution >= 4 is 83.2 Å². The van der Waals surface area contributed by atoms with Gasteiger partial charge in [-0.15, -0.1) is 22.7 Å². The van der Waals surface area contributed by atoms with Crippen molar-refractivity contribution in [1.29, 1.82) is 0 Å². The van der Waals surface area contributed by atoms with Crippen LogP contribution in [0, 0.1) is 13.8 Å². The Morgan fingerprint density at radius 2 is 0.852 bits per heavy atom. The van der Waals surface area contributed by atoms with Crippen LogP contribution in [-0.4, -0.2) is 23.0 Å². The Balaban J connectivity index is 0.958. The number of aromatic nitrogens is 2. The van der Waals surface area contributed by atoms with Crippen molar-refractivity contribution in [2.75, 3.05) is 16.9 Å². The van der Waals surface area contributed by atoms with E-state index < -0.39 is 0 Å². The molecule has 0 unspecified atom stereocenters. The van der Waals surface area contributed by atoms with E-state index in [2.05, 4.69) is 188 Å². The summed E-state index contributed by atoms with van der Waals surface area (Å²) in [7, 11) is 1.43. The van der Waals surface area contributed by atoms with Crippen LogP contribution in [0.3, 0.4) is 0 Å². The third kappa shape index (κ3) is 8.69. The molecule has 0 N–H and O–H groups in total. The highest BCUT2D eigenvalue weighted by molar-refractivity contribution is 7.23. The van der Waals surface area contributed by atoms with Crippen molar-refractivity contribution in [1.82, 2.24) is 9.97 Å². The zero-order chi connectivity index (χ0) is 41.9. The van der Waals surface area contributed by atoms with Gasteiger partial charge in [0, 0.05) is 51.7 Å². The molecule has 0 saturated heterocycles. The van der Waals surface area contributed by atoms with Gasteiger partial charge < -0.3 is 14.5 Å². The van der Waals surface area contributed by atoms with Crippen LogP contribution in [0.5, 0.6) is 0 Å². The molecule has 6 nitrogen and oxygen atoms in total. The fourth-order valence-corrected chi connectivity index (χ4v) is 9.62. The number of ether oxygens (including phenoxy) is 1. The molecule has 9 aromatic rings. The number of esters is 1. The fourth-order valence-electron chi connectivity index (χ4n) is 7.65. The number of rotatable bonds is 13. The number of nitrogens with zero attached hydrogens (tertiary/aromatic N) is 4. The molecule has 9 rings (SSSR count). The normalized spacial score (nSPS) is 11.3. The van der Waals surface area contributed by atoms with Crippen LogP contribution in [0.2, 0.25) is 0 Å². The van der Waals surface area contributed by atoms with E-state index in [1.165, 1.54) is 23.8 Å². The highest BCUT2D eigenvalue weighted by Gasteiger charge is 2.17. The van der Waals surface area contributed by atoms with Crippen molar-refractivity contribution in [2.24, 2.45) is 0 Å². The van der Waals surface area contributed by atoms with Crippen LogP contribution < -0.4 is 9.80 Å². The minimum Gasteiger partial charge on any atom is -0.469 e. The molecular formula is C53H46N4O2S2. The smallest absolute Gasteiger partial charge is 0.305 e. The number of hydrogen-bond donors (Lipinski definition) is 0. The molecule has 0 radical (unpaired) electrons. The summed E-state index contributed by atoms with van der Waals surface area (Å²) in [6, 6.07) is 56.4. The first-order valence-electron chi connectivity index (χ1n) is 20.7. The number of benzene rings is 7. The topological polar surface area (TPSA) is 58.6 Å². The van der Waals surface area contributed by atoms with Crippen LogP contribution in [0.25, 0.3) is 41.6 Å². The molecule has 7 aromatic carbocycles. The Hall–Kier alpha value is -6.61. The van der Waals surface area contributed by atoms with Crippen LogP contribution in [0.15, 0.2) is 158 Å². The van der Waals surface area contributed by atoms with E-state index in [4.69, 9.17) is 14.7 Å². The quantitative estimate of drug-likeness (QED) is 0.108. The second-order valence-corrected chi connectivity index (χ2v) is 17.5. The lowest BCUT2D eigenvalue weighted by Crippen LogP contribution is -2.10. The summed E-state index contributed by atoms with van der Waals surface area (Å²) in [6.45, 7) is 6.45. The van der Waals surface area contributed by atoms with Gasteiger partial charge in [0.25, 0.3) is 0 Å². The van der Waals surface area contributed by atoms with Crippen molar-refractivity contribution in [3.63, 3.8) is 0 Å². The molecule has 0 saturated carbocycles. The van der Waals surface area contributed by atoms with E-state index in [1.54, 1.807) is 22.7 Å². The highest BCUT2D eigenvalue weighted by Crippen LogP contribution is 2.41. The largest absolute Gasteiger partial charge is 0.469 e. The molecule has 0 amide bonds. The molecule has 2 aromatic heterocycles. The first kappa shape index (κ1) is 39.8. The SMILES string of the molecule is CCCc1ccc(N(c2ccc(C)cc2)c2ccc(-c3nc4cc5sc(-c6ccc(N(c7ccc(C)cc7)c7ccc(CCC(=O)OC)cc7)cc6)nc5cc4s3)cc2)cc1. The molecule has 0 aliphatic rings. The highest BCUT2D eigenvalue weighted by atomic mass is 32.1. The summed E-state index contributed by atoms with van der Waals surface area (Å²) in [4.78, 5) is 26.5. The third-order valence-electron chi connectivity index (χ3n) is 11.0. The third-order valence-corrected chi connectivity index (χ3v) is 13.1. The predicted octanol–water partition coefficient (Wildman–Crippen LogP) is 14.9. The van der Waals surface area contributed by atoms with Crippen LogP contribution in [-0.2, 0) is 22.4 Å². The van der Waals surface area contributed by atoms with Crippen molar-refractivity contribution in [3.8, 4) is 21.1 Å². The summed E-state index contributed by atoms with van der Waals surface area (Å²) in [5.41, 5.74) is 15.6. The van der Waals surface area contributed by atoms with Crippen LogP contribution in [0.4, 0.5) is 34.1 Å². The van der Waals surface area contributed by atoms with Gasteiger partial charge >= 0.3 is 5.97 Å². The van der Waals surface area contributed by atoms with Gasteiger partial charge in [0.05, 0.1) is 27.5 Å². The number of hydrogen-bond acceptors (Lipinski definition) is 8. The second-order valence-electron chi connectivity index (χ2n) is 15.4. The molecule has 0 atom stereocenters. The zero-order valence-electron chi connectivity index (χ0n) is 34.8. The molecule has 2 heterocycles. The lowest BCUT2D eigenvalue weighted by molar-refractivity contribution is -0.140. The van der Waals surface area contributed by atoms with E-state index in [0.717, 1.165) is 94.1 Å². The molecule has 0 bridgehead atoms. The van der Waals surface area contributed by atoms with Gasteiger partial charge in [0.2, 0.25) is 0 Å². The Morgan fingerprint density at radius 3 is 1.21 bits per heavy atom. The van der Waals surface area contributed by atoms with E-state index in [9.17, 15) is 4.79 Å². The number of anilines is 6. The predicted molar refractivity (Wildman–Crippen MR) is 257 cm³/mol. The van der Waals surface area contributed by atoms with E-state index in [0.29, 0.717) is 12.8 Å². The van der Waals surface area contributed by atoms with Crippen molar-refractivity contribution in [2.45, 2.75) is 46.5 Å². The maximum atomic E-state index is 11.7. The molecule has 0 aliphatic carbocycles. The standard InChI is InChI=1S/C53H46N4O2S2/c1-5-6-37-11-24-43(25-12-37)56(41-20-7-35(2)8-21-41)45-28-16-39(17-29-45)52-54-47-33-50-48(34-49(47)60-52)55-53(61-50)40-18-30-46(31-19-40)57(42-22-9-36(3)10-23-42)44-26-13-38(14-27-44)15-32-51(58)59-4/h7-14,16-31,33-34H,5-6,15,32H2,1-4H3. The zero-order valence-corrected chi connectivity index (χ0v) is 36.4. The maximum Gasteiger partial charge on any atom is 0.305 e. The molecule has 302 valence electrons. The average molecular weight is 835 g/mol. The number of thiazole rings is 2. The first-order valence-corrected chi connectivity index (χ1v) is 22.4. The molecule has 61 heavy (non-hydrogen) atoms. The number of aryl methyl sites for hydroxylation is 4. The lowest BCUT2D eigenvalue weighted by atomic mass is 10.1. The average Bonchev–Trinajstić information content (AvgIpc) is 3.91. The molecule has 8 heteroatoms. The van der Waals surface area contributed by atoms with Gasteiger partial charge in [-0.05, 0) is 147 Å². The maximum absolute atomic E-state index is 11.7. The van der Waals surface area contributed by atoms with Crippen LogP contribution in [0.1, 0.15) is 42.0 Å². The van der Waals surface area contributed by atoms with Gasteiger partial charge in [-0.25, -0.2) is 9.97 Å². The van der Waals surface area contributed by atoms with Crippen molar-refractivity contribution in [3.05, 3.63) is 180 Å². The lowest BCUT2D eigenvalue weighted by Gasteiger charge is -2.26. The Labute approximate surface area is 365 Å². The number of fused-ring (bicyclic) bond motifs is 2. The van der Waals surface area contributed by atoms with Crippen molar-refractivity contribution < 1.29 is 9.53 Å². The minimum absolute atomic E-state index is 0.201. The van der Waals surface area contributed by atoms with Gasteiger partial charge in [0.1, 0.15) is 10.0 Å². The fraction of sp³-hybridized carbons (Fsp3) is 0.151. The first-order chi connectivity index (χ1) is 29.8. The second kappa shape index (κ2) is 17.5. The molecular weight excluding hydrogens is 789 g/mol. The van der Waals surface area contributed by atoms with Gasteiger partial charge in [0.15, 0.2) is 0 Å². The summed E-state index contributed by atoms with van der Waals surface area (Å²) in [5, 5.41) is 1.97. The summed E-state index contributed by atoms with van der Waals surface area (Å²) < 4.78 is 7.07.